The van der Waals surface area contributed by atoms with Gasteiger partial charge in [0.05, 0.1) is 6.61 Å². The summed E-state index contributed by atoms with van der Waals surface area (Å²) in [5.41, 5.74) is 5.91. The summed E-state index contributed by atoms with van der Waals surface area (Å²) >= 11 is 0. The third-order valence-electron chi connectivity index (χ3n) is 4.58. The highest BCUT2D eigenvalue weighted by molar-refractivity contribution is 5.91. The van der Waals surface area contributed by atoms with E-state index in [0.717, 1.165) is 51.1 Å². The lowest BCUT2D eigenvalue weighted by Crippen LogP contribution is -2.17. The summed E-state index contributed by atoms with van der Waals surface area (Å²) in [6.45, 7) is 3.06. The molecule has 0 saturated carbocycles. The molecule has 1 aromatic carbocycles. The molecule has 20 heavy (non-hydrogen) atoms. The molecule has 0 unspecified atom stereocenters. The van der Waals surface area contributed by atoms with Gasteiger partial charge in [-0.1, -0.05) is 0 Å². The van der Waals surface area contributed by atoms with Crippen molar-refractivity contribution in [2.45, 2.75) is 25.7 Å². The van der Waals surface area contributed by atoms with E-state index >= 15 is 0 Å². The van der Waals surface area contributed by atoms with Crippen LogP contribution >= 0.6 is 12.4 Å². The molecule has 4 rings (SSSR count). The van der Waals surface area contributed by atoms with Crippen LogP contribution < -0.4 is 10.1 Å². The van der Waals surface area contributed by atoms with Gasteiger partial charge in [0.25, 0.3) is 0 Å². The molecule has 0 bridgehead atoms. The van der Waals surface area contributed by atoms with E-state index in [1.54, 1.807) is 5.56 Å². The fraction of sp³-hybridized carbons (Fsp3) is 0.500. The van der Waals surface area contributed by atoms with E-state index in [1.165, 1.54) is 22.2 Å². The number of aromatic nitrogens is 1. The highest BCUT2D eigenvalue weighted by Crippen LogP contribution is 2.37. The minimum atomic E-state index is 0. The third-order valence-corrected chi connectivity index (χ3v) is 4.58. The smallest absolute Gasteiger partial charge is 0.123 e. The summed E-state index contributed by atoms with van der Waals surface area (Å²) in [7, 11) is 2.21. The largest absolute Gasteiger partial charge is 0.493 e. The molecule has 2 aromatic rings. The molecule has 0 spiro atoms. The van der Waals surface area contributed by atoms with Crippen LogP contribution in [-0.4, -0.2) is 24.3 Å². The van der Waals surface area contributed by atoms with Gasteiger partial charge in [-0.3, -0.25) is 0 Å². The van der Waals surface area contributed by atoms with Crippen LogP contribution in [0.3, 0.4) is 0 Å². The Bertz CT molecular complexity index is 648. The minimum absolute atomic E-state index is 0. The summed E-state index contributed by atoms with van der Waals surface area (Å²) in [5, 5.41) is 4.99. The summed E-state index contributed by atoms with van der Waals surface area (Å²) < 4.78 is 8.23. The Morgan fingerprint density at radius 2 is 1.95 bits per heavy atom. The minimum Gasteiger partial charge on any atom is -0.493 e. The maximum Gasteiger partial charge on any atom is 0.123 e. The Labute approximate surface area is 125 Å². The molecule has 0 aliphatic carbocycles. The van der Waals surface area contributed by atoms with Crippen molar-refractivity contribution in [3.05, 3.63) is 29.0 Å². The predicted octanol–water partition coefficient (Wildman–Crippen LogP) is 2.61. The van der Waals surface area contributed by atoms with Crippen LogP contribution in [0.25, 0.3) is 10.9 Å². The lowest BCUT2D eigenvalue weighted by molar-refractivity contribution is 0.289. The van der Waals surface area contributed by atoms with E-state index in [1.807, 2.05) is 0 Å². The predicted molar refractivity (Wildman–Crippen MR) is 84.3 cm³/mol. The van der Waals surface area contributed by atoms with Gasteiger partial charge in [-0.05, 0) is 43.5 Å². The second kappa shape index (κ2) is 5.30. The van der Waals surface area contributed by atoms with Crippen LogP contribution in [0.1, 0.15) is 23.2 Å². The molecule has 4 heteroatoms. The first-order valence-corrected chi connectivity index (χ1v) is 7.32. The second-order valence-electron chi connectivity index (χ2n) is 5.62. The highest BCUT2D eigenvalue weighted by atomic mass is 35.5. The molecule has 0 fully saturated rings. The zero-order valence-electron chi connectivity index (χ0n) is 11.9. The van der Waals surface area contributed by atoms with Crippen molar-refractivity contribution in [1.29, 1.82) is 0 Å². The lowest BCUT2D eigenvalue weighted by atomic mass is 9.97. The normalized spacial score (nSPS) is 17.6. The van der Waals surface area contributed by atoms with Crippen molar-refractivity contribution in [3.63, 3.8) is 0 Å². The van der Waals surface area contributed by atoms with Gasteiger partial charge < -0.3 is 14.6 Å². The number of rotatable bonds is 0. The fourth-order valence-corrected chi connectivity index (χ4v) is 3.67. The molecule has 1 N–H and O–H groups in total. The molecular formula is C16H21ClN2O. The monoisotopic (exact) mass is 292 g/mol. The van der Waals surface area contributed by atoms with E-state index in [2.05, 4.69) is 29.1 Å². The van der Waals surface area contributed by atoms with Gasteiger partial charge in [0.1, 0.15) is 5.75 Å². The van der Waals surface area contributed by atoms with E-state index in [9.17, 15) is 0 Å². The van der Waals surface area contributed by atoms with Crippen LogP contribution in [0.15, 0.2) is 12.1 Å². The molecule has 2 aliphatic heterocycles. The third kappa shape index (κ3) is 1.92. The molecule has 0 radical (unpaired) electrons. The SMILES string of the molecule is Cl.Cn1c2c(c3c4c(ccc31)OCCC4)CCNCC2. The molecule has 0 atom stereocenters. The molecule has 0 amide bonds. The van der Waals surface area contributed by atoms with Gasteiger partial charge in [-0.15, -0.1) is 12.4 Å². The summed E-state index contributed by atoms with van der Waals surface area (Å²) in [6, 6.07) is 4.40. The lowest BCUT2D eigenvalue weighted by Gasteiger charge is -2.18. The van der Waals surface area contributed by atoms with Crippen molar-refractivity contribution >= 4 is 23.3 Å². The van der Waals surface area contributed by atoms with E-state index in [-0.39, 0.29) is 12.4 Å². The van der Waals surface area contributed by atoms with Crippen molar-refractivity contribution in [2.75, 3.05) is 19.7 Å². The van der Waals surface area contributed by atoms with Crippen LogP contribution in [-0.2, 0) is 26.3 Å². The molecule has 3 heterocycles. The highest BCUT2D eigenvalue weighted by Gasteiger charge is 2.22. The van der Waals surface area contributed by atoms with Crippen LogP contribution in [0, 0.1) is 0 Å². The number of hydrogen-bond donors (Lipinski definition) is 1. The zero-order valence-corrected chi connectivity index (χ0v) is 12.7. The Hall–Kier alpha value is -1.19. The second-order valence-corrected chi connectivity index (χ2v) is 5.62. The summed E-state index contributed by atoms with van der Waals surface area (Å²) in [6.07, 6.45) is 4.59. The van der Waals surface area contributed by atoms with Crippen LogP contribution in [0.2, 0.25) is 0 Å². The van der Waals surface area contributed by atoms with E-state index < -0.39 is 0 Å². The Morgan fingerprint density at radius 3 is 2.85 bits per heavy atom. The van der Waals surface area contributed by atoms with Gasteiger partial charge >= 0.3 is 0 Å². The van der Waals surface area contributed by atoms with Crippen molar-refractivity contribution in [1.82, 2.24) is 9.88 Å². The maximum absolute atomic E-state index is 5.84. The molecule has 3 nitrogen and oxygen atoms in total. The molecule has 0 saturated heterocycles. The molecule has 2 aliphatic rings. The van der Waals surface area contributed by atoms with Crippen LogP contribution in [0.4, 0.5) is 0 Å². The van der Waals surface area contributed by atoms with E-state index in [0.29, 0.717) is 0 Å². The van der Waals surface area contributed by atoms with Gasteiger partial charge in [-0.2, -0.15) is 0 Å². The Morgan fingerprint density at radius 1 is 1.10 bits per heavy atom. The number of fused-ring (bicyclic) bond motifs is 5. The molecular weight excluding hydrogens is 272 g/mol. The first-order chi connectivity index (χ1) is 9.36. The Kier molecular flexibility index (Phi) is 3.65. The number of benzene rings is 1. The Balaban J connectivity index is 0.00000121. The molecule has 108 valence electrons. The van der Waals surface area contributed by atoms with Crippen molar-refractivity contribution in [3.8, 4) is 5.75 Å². The number of nitrogens with one attached hydrogen (secondary N) is 1. The number of nitrogens with zero attached hydrogens (tertiary/aromatic N) is 1. The number of hydrogen-bond acceptors (Lipinski definition) is 2. The average Bonchev–Trinajstić information content (AvgIpc) is 2.63. The fourth-order valence-electron chi connectivity index (χ4n) is 3.67. The number of ether oxygens (including phenoxy) is 1. The quantitative estimate of drug-likeness (QED) is 0.808. The van der Waals surface area contributed by atoms with Gasteiger partial charge in [0, 0.05) is 42.2 Å². The first-order valence-electron chi connectivity index (χ1n) is 7.32. The van der Waals surface area contributed by atoms with Crippen molar-refractivity contribution in [2.24, 2.45) is 7.05 Å². The standard InChI is InChI=1S/C16H20N2O.ClH/c1-18-13-7-9-17-8-6-11(13)16-12-3-2-10-19-15(12)5-4-14(16)18;/h4-5,17H,2-3,6-10H2,1H3;1H. The van der Waals surface area contributed by atoms with Crippen LogP contribution in [0.5, 0.6) is 5.75 Å². The summed E-state index contributed by atoms with van der Waals surface area (Å²) in [4.78, 5) is 0. The maximum atomic E-state index is 5.84. The summed E-state index contributed by atoms with van der Waals surface area (Å²) in [5.74, 6) is 1.12. The van der Waals surface area contributed by atoms with Crippen molar-refractivity contribution < 1.29 is 4.74 Å². The topological polar surface area (TPSA) is 26.2 Å². The zero-order chi connectivity index (χ0) is 12.8. The number of halogens is 1. The first kappa shape index (κ1) is 13.8. The van der Waals surface area contributed by atoms with E-state index in [4.69, 9.17) is 4.74 Å². The average molecular weight is 293 g/mol. The van der Waals surface area contributed by atoms with Gasteiger partial charge in [-0.25, -0.2) is 0 Å². The van der Waals surface area contributed by atoms with Gasteiger partial charge in [0.2, 0.25) is 0 Å². The molecule has 1 aromatic heterocycles. The number of aryl methyl sites for hydroxylation is 2. The van der Waals surface area contributed by atoms with Gasteiger partial charge in [0.15, 0.2) is 0 Å².